The standard InChI is InChI=1S/C29H44N4O5S/c1-22-18-27(37-7)19-23(2)29(22)39(35,36)32(6)16-17-38-21-28(34)31(5)20-24-8-10-26(11-9-24)33-14-12-25(13-15-33)30(3)4/h8-11,18-19,25H,12-17,20-21H2,1-7H3. The van der Waals surface area contributed by atoms with E-state index in [0.717, 1.165) is 31.5 Å². The summed E-state index contributed by atoms with van der Waals surface area (Å²) in [4.78, 5) is 19.2. The van der Waals surface area contributed by atoms with Crippen LogP contribution in [0.15, 0.2) is 41.3 Å². The van der Waals surface area contributed by atoms with E-state index in [2.05, 4.69) is 48.2 Å². The Morgan fingerprint density at radius 2 is 1.59 bits per heavy atom. The van der Waals surface area contributed by atoms with Crippen molar-refractivity contribution < 1.29 is 22.7 Å². The number of sulfonamides is 1. The highest BCUT2D eigenvalue weighted by atomic mass is 32.2. The van der Waals surface area contributed by atoms with Crippen molar-refractivity contribution in [2.75, 3.05) is 73.0 Å². The minimum atomic E-state index is -3.70. The summed E-state index contributed by atoms with van der Waals surface area (Å²) >= 11 is 0. The van der Waals surface area contributed by atoms with E-state index in [-0.39, 0.29) is 30.6 Å². The lowest BCUT2D eigenvalue weighted by Crippen LogP contribution is -2.41. The van der Waals surface area contributed by atoms with Crippen molar-refractivity contribution in [3.05, 3.63) is 53.1 Å². The van der Waals surface area contributed by atoms with Gasteiger partial charge in [-0.05, 0) is 81.7 Å². The van der Waals surface area contributed by atoms with Crippen molar-refractivity contribution in [3.63, 3.8) is 0 Å². The fourth-order valence-electron chi connectivity index (χ4n) is 4.99. The molecule has 0 aromatic heterocycles. The number of ether oxygens (including phenoxy) is 2. The van der Waals surface area contributed by atoms with Crippen LogP contribution in [0.2, 0.25) is 0 Å². The number of piperidine rings is 1. The van der Waals surface area contributed by atoms with Crippen LogP contribution in [0.4, 0.5) is 5.69 Å². The molecule has 0 bridgehead atoms. The summed E-state index contributed by atoms with van der Waals surface area (Å²) in [7, 11) is 5.40. The third kappa shape index (κ3) is 7.94. The Morgan fingerprint density at radius 3 is 2.13 bits per heavy atom. The zero-order valence-electron chi connectivity index (χ0n) is 24.4. The molecular weight excluding hydrogens is 516 g/mol. The van der Waals surface area contributed by atoms with E-state index in [1.807, 2.05) is 0 Å². The molecule has 0 radical (unpaired) electrons. The molecule has 0 aliphatic carbocycles. The van der Waals surface area contributed by atoms with Crippen LogP contribution in [0.5, 0.6) is 5.75 Å². The number of anilines is 1. The first-order chi connectivity index (χ1) is 18.4. The van der Waals surface area contributed by atoms with Crippen LogP contribution in [-0.4, -0.2) is 103 Å². The summed E-state index contributed by atoms with van der Waals surface area (Å²) in [6.45, 7) is 6.23. The maximum absolute atomic E-state index is 13.1. The van der Waals surface area contributed by atoms with Gasteiger partial charge in [-0.25, -0.2) is 8.42 Å². The summed E-state index contributed by atoms with van der Waals surface area (Å²) in [5, 5.41) is 0. The lowest BCUT2D eigenvalue weighted by molar-refractivity contribution is -0.135. The molecule has 0 saturated carbocycles. The predicted octanol–water partition coefficient (Wildman–Crippen LogP) is 3.14. The smallest absolute Gasteiger partial charge is 0.248 e. The number of amides is 1. The molecule has 1 amide bonds. The molecule has 0 spiro atoms. The number of hydrogen-bond acceptors (Lipinski definition) is 7. The SMILES string of the molecule is COc1cc(C)c(S(=O)(=O)N(C)CCOCC(=O)N(C)Cc2ccc(N3CCC(N(C)C)CC3)cc2)c(C)c1. The van der Waals surface area contributed by atoms with Crippen molar-refractivity contribution in [3.8, 4) is 5.75 Å². The van der Waals surface area contributed by atoms with Gasteiger partial charge in [-0.1, -0.05) is 12.1 Å². The van der Waals surface area contributed by atoms with Gasteiger partial charge in [0.2, 0.25) is 15.9 Å². The minimum absolute atomic E-state index is 0.107. The maximum atomic E-state index is 13.1. The maximum Gasteiger partial charge on any atom is 0.248 e. The normalized spacial score (nSPS) is 14.7. The minimum Gasteiger partial charge on any atom is -0.497 e. The number of carbonyl (C=O) groups is 1. The van der Waals surface area contributed by atoms with E-state index in [0.29, 0.717) is 29.5 Å². The summed E-state index contributed by atoms with van der Waals surface area (Å²) < 4.78 is 38.3. The number of nitrogens with zero attached hydrogens (tertiary/aromatic N) is 4. The Morgan fingerprint density at radius 1 is 1.00 bits per heavy atom. The van der Waals surface area contributed by atoms with Gasteiger partial charge < -0.3 is 24.2 Å². The second-order valence-corrected chi connectivity index (χ2v) is 12.5. The highest BCUT2D eigenvalue weighted by molar-refractivity contribution is 7.89. The first-order valence-corrected chi connectivity index (χ1v) is 14.8. The number of aryl methyl sites for hydroxylation is 2. The molecule has 1 aliphatic heterocycles. The third-order valence-electron chi connectivity index (χ3n) is 7.46. The molecule has 2 aromatic carbocycles. The van der Waals surface area contributed by atoms with Crippen LogP contribution in [0.3, 0.4) is 0 Å². The van der Waals surface area contributed by atoms with E-state index in [4.69, 9.17) is 9.47 Å². The molecule has 1 aliphatic rings. The summed E-state index contributed by atoms with van der Waals surface area (Å²) in [5.74, 6) is 0.464. The lowest BCUT2D eigenvalue weighted by atomic mass is 10.0. The van der Waals surface area contributed by atoms with E-state index in [1.165, 1.54) is 17.0 Å². The van der Waals surface area contributed by atoms with Gasteiger partial charge in [0.05, 0.1) is 18.6 Å². The second-order valence-electron chi connectivity index (χ2n) is 10.6. The monoisotopic (exact) mass is 560 g/mol. The van der Waals surface area contributed by atoms with Crippen molar-refractivity contribution in [1.29, 1.82) is 0 Å². The van der Waals surface area contributed by atoms with Gasteiger partial charge in [-0.3, -0.25) is 4.79 Å². The summed E-state index contributed by atoms with van der Waals surface area (Å²) in [6, 6.07) is 12.5. The van der Waals surface area contributed by atoms with Gasteiger partial charge in [0.15, 0.2) is 0 Å². The first kappa shape index (κ1) is 30.9. The van der Waals surface area contributed by atoms with Gasteiger partial charge in [0.1, 0.15) is 12.4 Å². The third-order valence-corrected chi connectivity index (χ3v) is 9.62. The van der Waals surface area contributed by atoms with Crippen molar-refractivity contribution in [1.82, 2.24) is 14.1 Å². The second kappa shape index (κ2) is 13.6. The molecular formula is C29H44N4O5S. The van der Waals surface area contributed by atoms with Crippen LogP contribution in [0.25, 0.3) is 0 Å². The van der Waals surface area contributed by atoms with Gasteiger partial charge in [-0.15, -0.1) is 0 Å². The fourth-order valence-corrected chi connectivity index (χ4v) is 6.55. The molecule has 216 valence electrons. The Bertz CT molecular complexity index is 1190. The average Bonchev–Trinajstić information content (AvgIpc) is 2.90. The van der Waals surface area contributed by atoms with Crippen LogP contribution in [0, 0.1) is 13.8 Å². The van der Waals surface area contributed by atoms with Gasteiger partial charge >= 0.3 is 0 Å². The van der Waals surface area contributed by atoms with E-state index in [9.17, 15) is 13.2 Å². The predicted molar refractivity (Wildman–Crippen MR) is 155 cm³/mol. The highest BCUT2D eigenvalue weighted by Gasteiger charge is 2.25. The first-order valence-electron chi connectivity index (χ1n) is 13.4. The Balaban J connectivity index is 1.44. The molecule has 1 fully saturated rings. The van der Waals surface area contributed by atoms with Crippen LogP contribution < -0.4 is 9.64 Å². The highest BCUT2D eigenvalue weighted by Crippen LogP contribution is 2.28. The molecule has 2 aromatic rings. The molecule has 0 unspecified atom stereocenters. The molecule has 0 atom stereocenters. The molecule has 1 saturated heterocycles. The Labute approximate surface area is 234 Å². The van der Waals surface area contributed by atoms with Crippen molar-refractivity contribution in [2.45, 2.75) is 44.2 Å². The average molecular weight is 561 g/mol. The van der Waals surface area contributed by atoms with Gasteiger partial charge in [0.25, 0.3) is 0 Å². The van der Waals surface area contributed by atoms with Crippen LogP contribution >= 0.6 is 0 Å². The number of carbonyl (C=O) groups excluding carboxylic acids is 1. The van der Waals surface area contributed by atoms with E-state index < -0.39 is 10.0 Å². The molecule has 1 heterocycles. The number of methoxy groups -OCH3 is 1. The number of hydrogen-bond donors (Lipinski definition) is 0. The number of likely N-dealkylation sites (N-methyl/N-ethyl adjacent to an activating group) is 2. The summed E-state index contributed by atoms with van der Waals surface area (Å²) in [6.07, 6.45) is 2.32. The summed E-state index contributed by atoms with van der Waals surface area (Å²) in [5.41, 5.74) is 3.51. The van der Waals surface area contributed by atoms with Crippen molar-refractivity contribution in [2.24, 2.45) is 0 Å². The quantitative estimate of drug-likeness (QED) is 0.369. The van der Waals surface area contributed by atoms with Crippen LogP contribution in [0.1, 0.15) is 29.5 Å². The number of rotatable bonds is 12. The number of benzene rings is 2. The Kier molecular flexibility index (Phi) is 10.8. The van der Waals surface area contributed by atoms with Crippen molar-refractivity contribution >= 4 is 21.6 Å². The molecule has 39 heavy (non-hydrogen) atoms. The largest absolute Gasteiger partial charge is 0.497 e. The van der Waals surface area contributed by atoms with E-state index >= 15 is 0 Å². The van der Waals surface area contributed by atoms with Gasteiger partial charge in [-0.2, -0.15) is 4.31 Å². The zero-order valence-corrected chi connectivity index (χ0v) is 25.3. The molecule has 0 N–H and O–H groups in total. The van der Waals surface area contributed by atoms with Crippen LogP contribution in [-0.2, 0) is 26.1 Å². The van der Waals surface area contributed by atoms with E-state index in [1.54, 1.807) is 45.0 Å². The topological polar surface area (TPSA) is 82.6 Å². The lowest BCUT2D eigenvalue weighted by Gasteiger charge is -2.36. The molecule has 9 nitrogen and oxygen atoms in total. The Hall–Kier alpha value is -2.66. The van der Waals surface area contributed by atoms with Gasteiger partial charge in [0, 0.05) is 52.0 Å². The molecule has 10 heteroatoms. The molecule has 3 rings (SSSR count). The zero-order chi connectivity index (χ0) is 28.7. The fraction of sp³-hybridized carbons (Fsp3) is 0.552.